The number of nitrogens with zero attached hydrogens (tertiary/aromatic N) is 4. The van der Waals surface area contributed by atoms with Gasteiger partial charge in [-0.2, -0.15) is 0 Å². The van der Waals surface area contributed by atoms with Gasteiger partial charge in [0.05, 0.1) is 5.92 Å². The van der Waals surface area contributed by atoms with Gasteiger partial charge in [0.25, 0.3) is 5.91 Å². The highest BCUT2D eigenvalue weighted by Gasteiger charge is 2.37. The van der Waals surface area contributed by atoms with Gasteiger partial charge < -0.3 is 29.4 Å². The quantitative estimate of drug-likeness (QED) is 0.371. The number of hydrogen-bond donors (Lipinski definition) is 1. The van der Waals surface area contributed by atoms with E-state index < -0.39 is 11.7 Å². The van der Waals surface area contributed by atoms with Gasteiger partial charge in [0, 0.05) is 68.1 Å². The van der Waals surface area contributed by atoms with E-state index in [-0.39, 0.29) is 17.7 Å². The lowest BCUT2D eigenvalue weighted by atomic mass is 9.90. The van der Waals surface area contributed by atoms with Crippen molar-refractivity contribution in [3.05, 3.63) is 58.6 Å². The van der Waals surface area contributed by atoms with E-state index in [1.54, 1.807) is 18.7 Å². The molecule has 44 heavy (non-hydrogen) atoms. The standard InChI is InChI=1S/C34H45BrN4O5/c1-34(2,32(41)36-18-20-37(21-19-36)33(42)43)44-30-12-6-11-29(22-30)38-17-7-8-26(24-38)31(40)39(28-9-4-3-5-10-28)23-25-13-15-27(35)16-14-25/h6,11-16,22,26,28H,3-5,7-10,17-21,23-24H2,1-2H3,(H,42,43). The number of carbonyl (C=O) groups excluding carboxylic acids is 2. The van der Waals surface area contributed by atoms with Crippen LogP contribution in [0.2, 0.25) is 0 Å². The summed E-state index contributed by atoms with van der Waals surface area (Å²) in [6, 6.07) is 16.4. The van der Waals surface area contributed by atoms with Gasteiger partial charge in [0.15, 0.2) is 5.60 Å². The number of halogens is 1. The highest BCUT2D eigenvalue weighted by Crippen LogP contribution is 2.32. The Kier molecular flexibility index (Phi) is 10.4. The van der Waals surface area contributed by atoms with E-state index in [4.69, 9.17) is 4.74 Å². The van der Waals surface area contributed by atoms with Crippen molar-refractivity contribution in [2.24, 2.45) is 5.92 Å². The van der Waals surface area contributed by atoms with E-state index in [2.05, 4.69) is 37.9 Å². The van der Waals surface area contributed by atoms with E-state index in [0.29, 0.717) is 51.1 Å². The fourth-order valence-corrected chi connectivity index (χ4v) is 7.04. The van der Waals surface area contributed by atoms with Crippen molar-refractivity contribution in [3.63, 3.8) is 0 Å². The molecule has 3 fully saturated rings. The molecule has 238 valence electrons. The molecular weight excluding hydrogens is 624 g/mol. The molecule has 2 aromatic rings. The van der Waals surface area contributed by atoms with Gasteiger partial charge in [-0.25, -0.2) is 4.79 Å². The lowest BCUT2D eigenvalue weighted by Crippen LogP contribution is -2.56. The maximum atomic E-state index is 14.2. The van der Waals surface area contributed by atoms with E-state index in [1.807, 2.05) is 36.4 Å². The number of hydrogen-bond acceptors (Lipinski definition) is 5. The van der Waals surface area contributed by atoms with Crippen molar-refractivity contribution < 1.29 is 24.2 Å². The molecule has 3 aliphatic rings. The van der Waals surface area contributed by atoms with Crippen LogP contribution in [-0.2, 0) is 16.1 Å². The number of anilines is 1. The van der Waals surface area contributed by atoms with Crippen LogP contribution in [0.4, 0.5) is 10.5 Å². The summed E-state index contributed by atoms with van der Waals surface area (Å²) in [5, 5.41) is 9.22. The monoisotopic (exact) mass is 668 g/mol. The topological polar surface area (TPSA) is 93.6 Å². The molecule has 0 radical (unpaired) electrons. The van der Waals surface area contributed by atoms with Crippen LogP contribution in [0.15, 0.2) is 53.0 Å². The summed E-state index contributed by atoms with van der Waals surface area (Å²) in [5.74, 6) is 0.613. The molecule has 10 heteroatoms. The van der Waals surface area contributed by atoms with Crippen molar-refractivity contribution in [3.8, 4) is 5.75 Å². The summed E-state index contributed by atoms with van der Waals surface area (Å²) in [4.78, 5) is 46.2. The minimum Gasteiger partial charge on any atom is -0.478 e. The number of benzene rings is 2. The van der Waals surface area contributed by atoms with Crippen molar-refractivity contribution in [2.75, 3.05) is 44.2 Å². The maximum absolute atomic E-state index is 14.2. The summed E-state index contributed by atoms with van der Waals surface area (Å²) >= 11 is 3.53. The average Bonchev–Trinajstić information content (AvgIpc) is 3.04. The molecule has 2 aromatic carbocycles. The fourth-order valence-electron chi connectivity index (χ4n) is 6.78. The van der Waals surface area contributed by atoms with Gasteiger partial charge in [-0.1, -0.05) is 53.4 Å². The van der Waals surface area contributed by atoms with Crippen LogP contribution in [0, 0.1) is 5.92 Å². The molecule has 1 unspecified atom stereocenters. The van der Waals surface area contributed by atoms with E-state index in [1.165, 1.54) is 24.2 Å². The summed E-state index contributed by atoms with van der Waals surface area (Å²) in [6.07, 6.45) is 6.60. The third-order valence-corrected chi connectivity index (χ3v) is 9.77. The van der Waals surface area contributed by atoms with Crippen LogP contribution in [0.25, 0.3) is 0 Å². The van der Waals surface area contributed by atoms with Crippen molar-refractivity contribution in [1.82, 2.24) is 14.7 Å². The Balaban J connectivity index is 1.25. The SMILES string of the molecule is CC(C)(Oc1cccc(N2CCCC(C(=O)N(Cc3ccc(Br)cc3)C3CCCCC3)C2)c1)C(=O)N1CCN(C(=O)O)CC1. The Morgan fingerprint density at radius 3 is 2.27 bits per heavy atom. The molecule has 1 N–H and O–H groups in total. The van der Waals surface area contributed by atoms with Crippen LogP contribution < -0.4 is 9.64 Å². The second-order valence-electron chi connectivity index (χ2n) is 12.8. The van der Waals surface area contributed by atoms with E-state index >= 15 is 0 Å². The summed E-state index contributed by atoms with van der Waals surface area (Å²) in [7, 11) is 0. The lowest BCUT2D eigenvalue weighted by molar-refractivity contribution is -0.147. The normalized spacial score (nSPS) is 19.9. The van der Waals surface area contributed by atoms with Gasteiger partial charge in [-0.05, 0) is 69.4 Å². The number of carbonyl (C=O) groups is 3. The predicted octanol–water partition coefficient (Wildman–Crippen LogP) is 6.01. The molecule has 2 aliphatic heterocycles. The third-order valence-electron chi connectivity index (χ3n) is 9.24. The first kappa shape index (κ1) is 32.1. The zero-order chi connectivity index (χ0) is 31.3. The lowest BCUT2D eigenvalue weighted by Gasteiger charge is -2.40. The Bertz CT molecular complexity index is 1310. The second kappa shape index (κ2) is 14.2. The van der Waals surface area contributed by atoms with Gasteiger partial charge in [0.2, 0.25) is 5.91 Å². The van der Waals surface area contributed by atoms with Crippen LogP contribution in [0.1, 0.15) is 64.4 Å². The minimum absolute atomic E-state index is 0.0758. The Morgan fingerprint density at radius 1 is 0.909 bits per heavy atom. The molecule has 1 atom stereocenters. The first-order valence-electron chi connectivity index (χ1n) is 16.0. The Labute approximate surface area is 269 Å². The van der Waals surface area contributed by atoms with Crippen LogP contribution >= 0.6 is 15.9 Å². The van der Waals surface area contributed by atoms with Gasteiger partial charge >= 0.3 is 6.09 Å². The van der Waals surface area contributed by atoms with Gasteiger partial charge in [-0.3, -0.25) is 9.59 Å². The number of carboxylic acid groups (broad SMARTS) is 1. The third kappa shape index (κ3) is 7.86. The van der Waals surface area contributed by atoms with Crippen LogP contribution in [-0.4, -0.2) is 88.6 Å². The Hall–Kier alpha value is -3.27. The highest BCUT2D eigenvalue weighted by atomic mass is 79.9. The number of piperidine rings is 1. The smallest absolute Gasteiger partial charge is 0.407 e. The molecule has 3 amide bonds. The summed E-state index contributed by atoms with van der Waals surface area (Å²) < 4.78 is 7.30. The molecule has 9 nitrogen and oxygen atoms in total. The van der Waals surface area contributed by atoms with Gasteiger partial charge in [0.1, 0.15) is 5.75 Å². The minimum atomic E-state index is -1.11. The zero-order valence-corrected chi connectivity index (χ0v) is 27.5. The van der Waals surface area contributed by atoms with Gasteiger partial charge in [-0.15, -0.1) is 0 Å². The maximum Gasteiger partial charge on any atom is 0.407 e. The summed E-state index contributed by atoms with van der Waals surface area (Å²) in [6.45, 7) is 6.96. The number of rotatable bonds is 8. The molecule has 2 heterocycles. The molecular formula is C34H45BrN4O5. The predicted molar refractivity (Wildman–Crippen MR) is 174 cm³/mol. The number of piperazine rings is 1. The average molecular weight is 670 g/mol. The van der Waals surface area contributed by atoms with E-state index in [9.17, 15) is 19.5 Å². The van der Waals surface area contributed by atoms with Crippen molar-refractivity contribution in [2.45, 2.75) is 77.0 Å². The second-order valence-corrected chi connectivity index (χ2v) is 13.8. The van der Waals surface area contributed by atoms with Crippen LogP contribution in [0.3, 0.4) is 0 Å². The molecule has 0 bridgehead atoms. The first-order valence-corrected chi connectivity index (χ1v) is 16.8. The molecule has 5 rings (SSSR count). The molecule has 2 saturated heterocycles. The fraction of sp³-hybridized carbons (Fsp3) is 0.559. The first-order chi connectivity index (χ1) is 21.1. The Morgan fingerprint density at radius 2 is 1.59 bits per heavy atom. The number of amides is 3. The molecule has 1 saturated carbocycles. The van der Waals surface area contributed by atoms with Crippen LogP contribution in [0.5, 0.6) is 5.75 Å². The highest BCUT2D eigenvalue weighted by molar-refractivity contribution is 9.10. The molecule has 0 aromatic heterocycles. The zero-order valence-electron chi connectivity index (χ0n) is 25.9. The number of ether oxygens (including phenoxy) is 1. The molecule has 0 spiro atoms. The van der Waals surface area contributed by atoms with Crippen molar-refractivity contribution >= 4 is 39.5 Å². The van der Waals surface area contributed by atoms with Crippen molar-refractivity contribution in [1.29, 1.82) is 0 Å². The van der Waals surface area contributed by atoms with E-state index in [0.717, 1.165) is 48.0 Å². The largest absolute Gasteiger partial charge is 0.478 e. The summed E-state index contributed by atoms with van der Waals surface area (Å²) in [5.41, 5.74) is 1.03. The molecule has 1 aliphatic carbocycles.